The topological polar surface area (TPSA) is 71.1 Å². The van der Waals surface area contributed by atoms with Crippen molar-refractivity contribution in [3.63, 3.8) is 0 Å². The predicted molar refractivity (Wildman–Crippen MR) is 278 cm³/mol. The number of rotatable bonds is 29. The lowest BCUT2D eigenvalue weighted by Gasteiger charge is -2.22. The van der Waals surface area contributed by atoms with Gasteiger partial charge in [-0.3, -0.25) is 0 Å². The van der Waals surface area contributed by atoms with Crippen LogP contribution in [0.2, 0.25) is 0 Å². The van der Waals surface area contributed by atoms with Gasteiger partial charge in [-0.1, -0.05) is 241 Å². The first-order chi connectivity index (χ1) is 32.5. The Hall–Kier alpha value is -5.10. The summed E-state index contributed by atoms with van der Waals surface area (Å²) in [6, 6.07) is 29.5. The van der Waals surface area contributed by atoms with E-state index >= 15 is 0 Å². The number of unbranched alkanes of at least 4 members (excludes halogenated alkanes) is 18. The third-order valence-corrected chi connectivity index (χ3v) is 13.2. The van der Waals surface area contributed by atoms with Crippen molar-refractivity contribution in [2.75, 3.05) is 13.2 Å². The number of ether oxygens (including phenoxy) is 4. The lowest BCUT2D eigenvalue weighted by molar-refractivity contribution is 0.0972. The van der Waals surface area contributed by atoms with Gasteiger partial charge in [-0.15, -0.1) is 0 Å². The number of carbonyl (C=O) groups is 2. The maximum absolute atomic E-state index is 13.5. The maximum atomic E-state index is 13.5. The zero-order valence-electron chi connectivity index (χ0n) is 40.9. The molecule has 0 heterocycles. The van der Waals surface area contributed by atoms with Crippen LogP contribution in [0.4, 0.5) is 9.59 Å². The first kappa shape index (κ1) is 50.3. The molecule has 0 radical (unpaired) electrons. The average molecular weight is 895 g/mol. The van der Waals surface area contributed by atoms with Crippen LogP contribution in [0.5, 0.6) is 11.5 Å². The smallest absolute Gasteiger partial charge is 0.434 e. The van der Waals surface area contributed by atoms with Gasteiger partial charge in [-0.2, -0.15) is 0 Å². The standard InChI is InChI=1S/C60H78O6/c1-5-9-11-13-15-17-19-21-23-29-41-63-59(61)65-57-49-35-27-25-33-47(49)55(53-43-45(31-7-3)37-39-51(53)57)56-48-34-26-28-36-50(48)58(52-40-38-46(32-8-4)44-54(52)56)66-60(62)64-42-30-24-22-20-18-16-14-12-10-6-2/h25-28,33-40,43-44H,5-24,29-32,41-42H2,1-4H3. The molecule has 66 heavy (non-hydrogen) atoms. The van der Waals surface area contributed by atoms with Gasteiger partial charge in [-0.05, 0) is 69.5 Å². The molecule has 0 N–H and O–H groups in total. The second-order valence-corrected chi connectivity index (χ2v) is 18.5. The Bertz CT molecular complexity index is 2280. The molecule has 6 aromatic rings. The Morgan fingerprint density at radius 1 is 0.348 bits per heavy atom. The minimum absolute atomic E-state index is 0.337. The number of benzene rings is 6. The number of carbonyl (C=O) groups excluding carboxylic acids is 2. The molecule has 0 aromatic heterocycles. The Morgan fingerprint density at radius 2 is 0.667 bits per heavy atom. The summed E-state index contributed by atoms with van der Waals surface area (Å²) < 4.78 is 24.0. The van der Waals surface area contributed by atoms with Crippen molar-refractivity contribution in [1.82, 2.24) is 0 Å². The summed E-state index contributed by atoms with van der Waals surface area (Å²) in [5.74, 6) is 1.01. The molecule has 0 amide bonds. The summed E-state index contributed by atoms with van der Waals surface area (Å²) in [7, 11) is 0. The maximum Gasteiger partial charge on any atom is 0.513 e. The summed E-state index contributed by atoms with van der Waals surface area (Å²) in [6.07, 6.45) is 26.7. The van der Waals surface area contributed by atoms with E-state index in [4.69, 9.17) is 18.9 Å². The molecule has 0 unspecified atom stereocenters. The monoisotopic (exact) mass is 895 g/mol. The summed E-state index contributed by atoms with van der Waals surface area (Å²) in [5, 5.41) is 7.27. The molecule has 354 valence electrons. The third-order valence-electron chi connectivity index (χ3n) is 13.2. The van der Waals surface area contributed by atoms with Crippen LogP contribution in [0.15, 0.2) is 84.9 Å². The van der Waals surface area contributed by atoms with Crippen LogP contribution >= 0.6 is 0 Å². The van der Waals surface area contributed by atoms with E-state index in [0.717, 1.165) is 118 Å². The Balaban J connectivity index is 1.31. The highest BCUT2D eigenvalue weighted by atomic mass is 16.7. The summed E-state index contributed by atoms with van der Waals surface area (Å²) in [6.45, 7) is 9.58. The minimum Gasteiger partial charge on any atom is -0.434 e. The molecule has 6 aromatic carbocycles. The lowest BCUT2D eigenvalue weighted by atomic mass is 9.84. The van der Waals surface area contributed by atoms with Gasteiger partial charge in [0.05, 0.1) is 13.2 Å². The van der Waals surface area contributed by atoms with Crippen LogP contribution in [0.3, 0.4) is 0 Å². The summed E-state index contributed by atoms with van der Waals surface area (Å²) >= 11 is 0. The van der Waals surface area contributed by atoms with Crippen LogP contribution in [-0.2, 0) is 22.3 Å². The van der Waals surface area contributed by atoms with Gasteiger partial charge >= 0.3 is 12.3 Å². The highest BCUT2D eigenvalue weighted by Crippen LogP contribution is 2.50. The largest absolute Gasteiger partial charge is 0.513 e. The van der Waals surface area contributed by atoms with Crippen LogP contribution in [-0.4, -0.2) is 25.5 Å². The Kier molecular flexibility index (Phi) is 21.0. The van der Waals surface area contributed by atoms with Gasteiger partial charge in [0.1, 0.15) is 11.5 Å². The summed E-state index contributed by atoms with van der Waals surface area (Å²) in [5.41, 5.74) is 4.52. The molecule has 0 aliphatic rings. The van der Waals surface area contributed by atoms with E-state index in [2.05, 4.69) is 88.4 Å². The summed E-state index contributed by atoms with van der Waals surface area (Å²) in [4.78, 5) is 27.1. The number of hydrogen-bond donors (Lipinski definition) is 0. The first-order valence-corrected chi connectivity index (χ1v) is 26.1. The van der Waals surface area contributed by atoms with Crippen LogP contribution in [0.25, 0.3) is 54.2 Å². The Labute approximate surface area is 396 Å². The molecule has 0 spiro atoms. The molecule has 0 saturated carbocycles. The van der Waals surface area contributed by atoms with Crippen molar-refractivity contribution in [3.8, 4) is 22.6 Å². The quantitative estimate of drug-likeness (QED) is 0.0202. The molecule has 6 nitrogen and oxygen atoms in total. The first-order valence-electron chi connectivity index (χ1n) is 26.1. The van der Waals surface area contributed by atoms with Crippen LogP contribution < -0.4 is 9.47 Å². The molecule has 0 aliphatic heterocycles. The number of hydrogen-bond acceptors (Lipinski definition) is 6. The lowest BCUT2D eigenvalue weighted by Crippen LogP contribution is -2.12. The molecular weight excluding hydrogens is 817 g/mol. The van der Waals surface area contributed by atoms with Gasteiger partial charge in [-0.25, -0.2) is 9.59 Å². The van der Waals surface area contributed by atoms with Gasteiger partial charge in [0, 0.05) is 21.5 Å². The third kappa shape index (κ3) is 14.0. The highest BCUT2D eigenvalue weighted by molar-refractivity contribution is 6.27. The van der Waals surface area contributed by atoms with Crippen molar-refractivity contribution in [2.24, 2.45) is 0 Å². The highest BCUT2D eigenvalue weighted by Gasteiger charge is 2.25. The second kappa shape index (κ2) is 27.5. The van der Waals surface area contributed by atoms with Gasteiger partial charge < -0.3 is 18.9 Å². The molecule has 0 aliphatic carbocycles. The van der Waals surface area contributed by atoms with E-state index in [1.165, 1.54) is 101 Å². The second-order valence-electron chi connectivity index (χ2n) is 18.5. The van der Waals surface area contributed by atoms with Crippen molar-refractivity contribution >= 4 is 55.4 Å². The van der Waals surface area contributed by atoms with E-state index in [-0.39, 0.29) is 0 Å². The molecule has 0 fully saturated rings. The average Bonchev–Trinajstić information content (AvgIpc) is 3.33. The van der Waals surface area contributed by atoms with Crippen LogP contribution in [0, 0.1) is 0 Å². The fourth-order valence-corrected chi connectivity index (χ4v) is 9.73. The van der Waals surface area contributed by atoms with Crippen molar-refractivity contribution in [3.05, 3.63) is 96.1 Å². The predicted octanol–water partition coefficient (Wildman–Crippen LogP) is 18.7. The number of aryl methyl sites for hydroxylation is 2. The SMILES string of the molecule is CCCCCCCCCCCCOC(=O)Oc1c2ccccc2c(-c2c3ccccc3c(OC(=O)OCCCCCCCCCCCC)c3ccc(CCC)cc23)c2cc(CCC)ccc12. The zero-order chi connectivity index (χ0) is 46.4. The van der Waals surface area contributed by atoms with E-state index in [1.807, 2.05) is 24.3 Å². The Morgan fingerprint density at radius 3 is 1.02 bits per heavy atom. The van der Waals surface area contributed by atoms with Crippen molar-refractivity contribution in [2.45, 2.75) is 182 Å². The molecule has 0 bridgehead atoms. The molecule has 0 saturated heterocycles. The molecular formula is C60H78O6. The zero-order valence-corrected chi connectivity index (χ0v) is 40.9. The van der Waals surface area contributed by atoms with E-state index in [0.29, 0.717) is 24.7 Å². The van der Waals surface area contributed by atoms with Gasteiger partial charge in [0.2, 0.25) is 0 Å². The normalized spacial score (nSPS) is 11.5. The fourth-order valence-electron chi connectivity index (χ4n) is 9.73. The van der Waals surface area contributed by atoms with E-state index in [1.54, 1.807) is 0 Å². The van der Waals surface area contributed by atoms with Crippen molar-refractivity contribution in [1.29, 1.82) is 0 Å². The van der Waals surface area contributed by atoms with Crippen molar-refractivity contribution < 1.29 is 28.5 Å². The molecule has 0 atom stereocenters. The fraction of sp³-hybridized carbons (Fsp3) is 0.500. The minimum atomic E-state index is -0.676. The van der Waals surface area contributed by atoms with Crippen LogP contribution in [0.1, 0.15) is 180 Å². The molecule has 6 heteroatoms. The van der Waals surface area contributed by atoms with Gasteiger partial charge in [0.25, 0.3) is 0 Å². The van der Waals surface area contributed by atoms with E-state index in [9.17, 15) is 9.59 Å². The molecule has 6 rings (SSSR count). The van der Waals surface area contributed by atoms with Gasteiger partial charge in [0.15, 0.2) is 0 Å². The number of fused-ring (bicyclic) bond motifs is 4. The van der Waals surface area contributed by atoms with E-state index < -0.39 is 12.3 Å².